The van der Waals surface area contributed by atoms with Gasteiger partial charge in [-0.1, -0.05) is 11.6 Å². The highest BCUT2D eigenvalue weighted by molar-refractivity contribution is 5.94. The van der Waals surface area contributed by atoms with Crippen molar-refractivity contribution in [2.24, 2.45) is 0 Å². The molecule has 1 aliphatic rings. The van der Waals surface area contributed by atoms with Crippen molar-refractivity contribution in [3.63, 3.8) is 0 Å². The molecule has 2 aromatic heterocycles. The first-order chi connectivity index (χ1) is 14.6. The normalized spacial score (nSPS) is 15.1. The predicted molar refractivity (Wildman–Crippen MR) is 121 cm³/mol. The number of likely N-dealkylation sites (tertiary alicyclic amines) is 1. The summed E-state index contributed by atoms with van der Waals surface area (Å²) in [6.07, 6.45) is 6.02. The number of rotatable bonds is 3. The summed E-state index contributed by atoms with van der Waals surface area (Å²) < 4.78 is 2.05. The topological polar surface area (TPSA) is 41.0 Å². The van der Waals surface area contributed by atoms with Crippen LogP contribution in [0.5, 0.6) is 0 Å². The second kappa shape index (κ2) is 7.52. The molecule has 0 saturated carbocycles. The van der Waals surface area contributed by atoms with Crippen molar-refractivity contribution in [2.75, 3.05) is 13.1 Å². The Bertz CT molecular complexity index is 1180. The fraction of sp³-hybridized carbons (Fsp3) is 0.269. The molecular weight excluding hydrogens is 370 g/mol. The molecule has 4 aromatic rings. The summed E-state index contributed by atoms with van der Waals surface area (Å²) in [5, 5.41) is 1.33. The zero-order valence-electron chi connectivity index (χ0n) is 17.6. The van der Waals surface area contributed by atoms with Gasteiger partial charge < -0.3 is 14.5 Å². The minimum Gasteiger partial charge on any atom is -0.358 e. The molecule has 4 heteroatoms. The number of hydrogen-bond donors (Lipinski definition) is 1. The molecule has 152 valence electrons. The number of carbonyl (C=O) groups is 1. The van der Waals surface area contributed by atoms with Crippen LogP contribution < -0.4 is 0 Å². The Morgan fingerprint density at radius 2 is 1.67 bits per heavy atom. The van der Waals surface area contributed by atoms with Crippen molar-refractivity contribution in [2.45, 2.75) is 32.6 Å². The number of benzene rings is 2. The van der Waals surface area contributed by atoms with Crippen LogP contribution in [0.2, 0.25) is 0 Å². The number of H-pyrrole nitrogens is 1. The van der Waals surface area contributed by atoms with Gasteiger partial charge in [-0.3, -0.25) is 4.79 Å². The monoisotopic (exact) mass is 397 g/mol. The van der Waals surface area contributed by atoms with Crippen LogP contribution in [0, 0.1) is 13.8 Å². The summed E-state index contributed by atoms with van der Waals surface area (Å²) in [7, 11) is 0. The molecular formula is C26H27N3O. The average Bonchev–Trinajstić information content (AvgIpc) is 3.42. The van der Waals surface area contributed by atoms with Crippen molar-refractivity contribution in [1.29, 1.82) is 0 Å². The highest BCUT2D eigenvalue weighted by Crippen LogP contribution is 2.34. The first-order valence-electron chi connectivity index (χ1n) is 10.7. The Labute approximate surface area is 177 Å². The summed E-state index contributed by atoms with van der Waals surface area (Å²) >= 11 is 0. The summed E-state index contributed by atoms with van der Waals surface area (Å²) in [5.74, 6) is 0.620. The lowest BCUT2D eigenvalue weighted by Gasteiger charge is -2.32. The van der Waals surface area contributed by atoms with Gasteiger partial charge in [-0.2, -0.15) is 0 Å². The number of fused-ring (bicyclic) bond motifs is 1. The molecule has 0 radical (unpaired) electrons. The highest BCUT2D eigenvalue weighted by Gasteiger charge is 2.27. The Kier molecular flexibility index (Phi) is 4.70. The SMILES string of the molecule is Cc1ccc2[nH]c(C3CCN(C(=O)c4ccc(-n5cccc5)cc4)CC3)c(C)c2c1. The Morgan fingerprint density at radius 1 is 0.967 bits per heavy atom. The van der Waals surface area contributed by atoms with Gasteiger partial charge in [-0.15, -0.1) is 0 Å². The minimum atomic E-state index is 0.136. The van der Waals surface area contributed by atoms with Crippen molar-refractivity contribution in [3.8, 4) is 5.69 Å². The number of piperidine rings is 1. The molecule has 2 aromatic carbocycles. The van der Waals surface area contributed by atoms with Crippen LogP contribution in [-0.4, -0.2) is 33.4 Å². The van der Waals surface area contributed by atoms with Gasteiger partial charge in [0.15, 0.2) is 0 Å². The Morgan fingerprint density at radius 3 is 2.37 bits per heavy atom. The van der Waals surface area contributed by atoms with E-state index in [0.29, 0.717) is 5.92 Å². The fourth-order valence-corrected chi connectivity index (χ4v) is 4.71. The zero-order valence-corrected chi connectivity index (χ0v) is 17.6. The molecule has 0 spiro atoms. The van der Waals surface area contributed by atoms with Gasteiger partial charge in [-0.05, 0) is 80.8 Å². The van der Waals surface area contributed by atoms with E-state index in [1.807, 2.05) is 58.3 Å². The Balaban J connectivity index is 1.28. The van der Waals surface area contributed by atoms with Crippen molar-refractivity contribution < 1.29 is 4.79 Å². The summed E-state index contributed by atoms with van der Waals surface area (Å²) in [4.78, 5) is 18.7. The molecule has 1 saturated heterocycles. The van der Waals surface area contributed by atoms with E-state index in [1.54, 1.807) is 0 Å². The molecule has 1 aliphatic heterocycles. The molecule has 0 aliphatic carbocycles. The maximum absolute atomic E-state index is 13.0. The van der Waals surface area contributed by atoms with E-state index in [9.17, 15) is 4.79 Å². The first-order valence-corrected chi connectivity index (χ1v) is 10.7. The highest BCUT2D eigenvalue weighted by atomic mass is 16.2. The lowest BCUT2D eigenvalue weighted by Crippen LogP contribution is -2.38. The third-order valence-corrected chi connectivity index (χ3v) is 6.46. The third kappa shape index (κ3) is 3.32. The van der Waals surface area contributed by atoms with Crippen molar-refractivity contribution >= 4 is 16.8 Å². The van der Waals surface area contributed by atoms with Gasteiger partial charge in [0.05, 0.1) is 0 Å². The smallest absolute Gasteiger partial charge is 0.253 e. The van der Waals surface area contributed by atoms with Crippen LogP contribution in [0.1, 0.15) is 45.9 Å². The van der Waals surface area contributed by atoms with E-state index in [4.69, 9.17) is 0 Å². The number of amides is 1. The van der Waals surface area contributed by atoms with Crippen LogP contribution in [-0.2, 0) is 0 Å². The lowest BCUT2D eigenvalue weighted by atomic mass is 9.91. The average molecular weight is 398 g/mol. The van der Waals surface area contributed by atoms with E-state index in [2.05, 4.69) is 37.0 Å². The lowest BCUT2D eigenvalue weighted by molar-refractivity contribution is 0.0712. The molecule has 0 unspecified atom stereocenters. The van der Waals surface area contributed by atoms with Crippen LogP contribution in [0.4, 0.5) is 0 Å². The number of carbonyl (C=O) groups excluding carboxylic acids is 1. The van der Waals surface area contributed by atoms with Crippen LogP contribution >= 0.6 is 0 Å². The summed E-state index contributed by atoms with van der Waals surface area (Å²) in [6, 6.07) is 18.5. The number of aryl methyl sites for hydroxylation is 2. The number of hydrogen-bond acceptors (Lipinski definition) is 1. The van der Waals surface area contributed by atoms with Crippen LogP contribution in [0.3, 0.4) is 0 Å². The summed E-state index contributed by atoms with van der Waals surface area (Å²) in [6.45, 7) is 5.96. The van der Waals surface area contributed by atoms with Crippen molar-refractivity contribution in [1.82, 2.24) is 14.5 Å². The first kappa shape index (κ1) is 18.7. The standard InChI is InChI=1S/C26H27N3O/c1-18-5-10-24-23(17-18)19(2)25(27-24)20-11-15-29(16-12-20)26(30)21-6-8-22(9-7-21)28-13-3-4-14-28/h3-10,13-14,17,20,27H,11-12,15-16H2,1-2H3. The number of aromatic nitrogens is 2. The van der Waals surface area contributed by atoms with E-state index in [-0.39, 0.29) is 5.91 Å². The maximum atomic E-state index is 13.0. The van der Waals surface area contributed by atoms with E-state index in [0.717, 1.165) is 37.2 Å². The van der Waals surface area contributed by atoms with Gasteiger partial charge in [0.25, 0.3) is 5.91 Å². The van der Waals surface area contributed by atoms with Gasteiger partial charge in [0.1, 0.15) is 0 Å². The second-order valence-electron chi connectivity index (χ2n) is 8.42. The molecule has 1 fully saturated rings. The van der Waals surface area contributed by atoms with E-state index < -0.39 is 0 Å². The molecule has 30 heavy (non-hydrogen) atoms. The van der Waals surface area contributed by atoms with Gasteiger partial charge in [0, 0.05) is 59.2 Å². The zero-order chi connectivity index (χ0) is 20.7. The van der Waals surface area contributed by atoms with Crippen molar-refractivity contribution in [3.05, 3.63) is 89.4 Å². The number of aromatic amines is 1. The largest absolute Gasteiger partial charge is 0.358 e. The van der Waals surface area contributed by atoms with E-state index in [1.165, 1.54) is 27.7 Å². The molecule has 4 nitrogen and oxygen atoms in total. The third-order valence-electron chi connectivity index (χ3n) is 6.46. The molecule has 3 heterocycles. The Hall–Kier alpha value is -3.27. The molecule has 1 amide bonds. The molecule has 0 bridgehead atoms. The van der Waals surface area contributed by atoms with Gasteiger partial charge >= 0.3 is 0 Å². The molecule has 1 N–H and O–H groups in total. The summed E-state index contributed by atoms with van der Waals surface area (Å²) in [5.41, 5.74) is 7.05. The maximum Gasteiger partial charge on any atom is 0.253 e. The minimum absolute atomic E-state index is 0.136. The van der Waals surface area contributed by atoms with E-state index >= 15 is 0 Å². The number of nitrogens with zero attached hydrogens (tertiary/aromatic N) is 2. The molecule has 5 rings (SSSR count). The quantitative estimate of drug-likeness (QED) is 0.481. The second-order valence-corrected chi connectivity index (χ2v) is 8.42. The van der Waals surface area contributed by atoms with Crippen LogP contribution in [0.15, 0.2) is 67.0 Å². The van der Waals surface area contributed by atoms with Gasteiger partial charge in [0.2, 0.25) is 0 Å². The fourth-order valence-electron chi connectivity index (χ4n) is 4.71. The predicted octanol–water partition coefficient (Wildman–Crippen LogP) is 5.60. The van der Waals surface area contributed by atoms with Gasteiger partial charge in [-0.25, -0.2) is 0 Å². The molecule has 0 atom stereocenters. The van der Waals surface area contributed by atoms with Crippen LogP contribution in [0.25, 0.3) is 16.6 Å². The number of nitrogens with one attached hydrogen (secondary N) is 1.